The fourth-order valence-corrected chi connectivity index (χ4v) is 4.52. The summed E-state index contributed by atoms with van der Waals surface area (Å²) in [5.41, 5.74) is -0.658. The Morgan fingerprint density at radius 1 is 1.32 bits per heavy atom. The van der Waals surface area contributed by atoms with Crippen molar-refractivity contribution in [3.05, 3.63) is 0 Å². The standard InChI is InChI=1S/C16H26N2O4/c1-11-6-15(2,3)9-16(7-11)13(19)18(14(20)17-16)8-12-4-5-21-10-22-12/h11-12H,4-10H2,1-3H3,(H,17,20)/t11-,12-,16-/m0/s1. The lowest BCUT2D eigenvalue weighted by Crippen LogP contribution is -2.54. The van der Waals surface area contributed by atoms with Crippen LogP contribution in [0.3, 0.4) is 0 Å². The second-order valence-corrected chi connectivity index (χ2v) is 7.89. The van der Waals surface area contributed by atoms with E-state index in [2.05, 4.69) is 26.1 Å². The largest absolute Gasteiger partial charge is 0.355 e. The van der Waals surface area contributed by atoms with Crippen molar-refractivity contribution in [2.24, 2.45) is 11.3 Å². The first-order chi connectivity index (χ1) is 10.3. The highest BCUT2D eigenvalue weighted by Gasteiger charge is 2.56. The summed E-state index contributed by atoms with van der Waals surface area (Å²) in [6.45, 7) is 7.69. The minimum absolute atomic E-state index is 0.0613. The summed E-state index contributed by atoms with van der Waals surface area (Å²) in [7, 11) is 0. The molecule has 2 saturated heterocycles. The first kappa shape index (κ1) is 15.7. The topological polar surface area (TPSA) is 67.9 Å². The molecule has 0 radical (unpaired) electrons. The summed E-state index contributed by atoms with van der Waals surface area (Å²) in [5, 5.41) is 3.00. The van der Waals surface area contributed by atoms with Gasteiger partial charge in [0.25, 0.3) is 5.91 Å². The van der Waals surface area contributed by atoms with E-state index >= 15 is 0 Å². The van der Waals surface area contributed by atoms with Crippen LogP contribution in [0.2, 0.25) is 0 Å². The average molecular weight is 310 g/mol. The number of hydrogen-bond acceptors (Lipinski definition) is 4. The number of nitrogens with zero attached hydrogens (tertiary/aromatic N) is 1. The van der Waals surface area contributed by atoms with Crippen molar-refractivity contribution in [3.8, 4) is 0 Å². The van der Waals surface area contributed by atoms with E-state index in [1.807, 2.05) is 0 Å². The van der Waals surface area contributed by atoms with Crippen LogP contribution >= 0.6 is 0 Å². The number of ether oxygens (including phenoxy) is 2. The molecule has 0 bridgehead atoms. The summed E-state index contributed by atoms with van der Waals surface area (Å²) in [6, 6.07) is -0.273. The van der Waals surface area contributed by atoms with Gasteiger partial charge in [-0.2, -0.15) is 0 Å². The van der Waals surface area contributed by atoms with Crippen molar-refractivity contribution in [1.82, 2.24) is 10.2 Å². The van der Waals surface area contributed by atoms with Gasteiger partial charge in [-0.15, -0.1) is 0 Å². The molecule has 2 aliphatic heterocycles. The number of carbonyl (C=O) groups is 2. The number of amides is 3. The SMILES string of the molecule is C[C@H]1CC(C)(C)C[C@]2(C1)NC(=O)N(C[C@@H]1CCOCO1)C2=O. The number of rotatable bonds is 2. The van der Waals surface area contributed by atoms with Crippen LogP contribution in [0.15, 0.2) is 0 Å². The Labute approximate surface area is 131 Å². The van der Waals surface area contributed by atoms with Crippen LogP contribution in [0, 0.1) is 11.3 Å². The van der Waals surface area contributed by atoms with Gasteiger partial charge < -0.3 is 14.8 Å². The molecule has 0 aromatic rings. The minimum atomic E-state index is -0.719. The number of urea groups is 1. The maximum Gasteiger partial charge on any atom is 0.325 e. The molecule has 0 unspecified atom stereocenters. The lowest BCUT2D eigenvalue weighted by molar-refractivity contribution is -0.151. The quantitative estimate of drug-likeness (QED) is 0.791. The zero-order chi connectivity index (χ0) is 16.0. The van der Waals surface area contributed by atoms with Crippen molar-refractivity contribution in [2.75, 3.05) is 19.9 Å². The summed E-state index contributed by atoms with van der Waals surface area (Å²) in [5.74, 6) is 0.347. The molecule has 6 heteroatoms. The lowest BCUT2D eigenvalue weighted by atomic mass is 9.64. The van der Waals surface area contributed by atoms with Gasteiger partial charge in [-0.05, 0) is 37.0 Å². The van der Waals surface area contributed by atoms with Gasteiger partial charge >= 0.3 is 6.03 Å². The minimum Gasteiger partial charge on any atom is -0.355 e. The number of hydrogen-bond donors (Lipinski definition) is 1. The molecule has 3 aliphatic rings. The monoisotopic (exact) mass is 310 g/mol. The molecule has 1 aliphatic carbocycles. The molecule has 22 heavy (non-hydrogen) atoms. The van der Waals surface area contributed by atoms with Gasteiger partial charge in [0.15, 0.2) is 0 Å². The zero-order valence-corrected chi connectivity index (χ0v) is 13.7. The molecule has 6 nitrogen and oxygen atoms in total. The van der Waals surface area contributed by atoms with E-state index in [0.29, 0.717) is 31.9 Å². The van der Waals surface area contributed by atoms with Crippen LogP contribution in [0.4, 0.5) is 4.79 Å². The summed E-state index contributed by atoms with van der Waals surface area (Å²) in [6.07, 6.45) is 3.12. The van der Waals surface area contributed by atoms with Crippen molar-refractivity contribution in [3.63, 3.8) is 0 Å². The highest BCUT2D eigenvalue weighted by molar-refractivity contribution is 6.07. The number of nitrogens with one attached hydrogen (secondary N) is 1. The van der Waals surface area contributed by atoms with Crippen LogP contribution in [0.5, 0.6) is 0 Å². The van der Waals surface area contributed by atoms with E-state index in [1.54, 1.807) is 0 Å². The zero-order valence-electron chi connectivity index (χ0n) is 13.7. The molecule has 1 N–H and O–H groups in total. The van der Waals surface area contributed by atoms with Crippen molar-refractivity contribution in [2.45, 2.75) is 58.1 Å². The molecular weight excluding hydrogens is 284 g/mol. The van der Waals surface area contributed by atoms with Gasteiger partial charge in [0.05, 0.1) is 19.3 Å². The molecule has 1 spiro atoms. The molecule has 0 aromatic carbocycles. The Kier molecular flexibility index (Phi) is 3.93. The predicted molar refractivity (Wildman–Crippen MR) is 80.1 cm³/mol. The number of imide groups is 1. The van der Waals surface area contributed by atoms with E-state index in [1.165, 1.54) is 4.90 Å². The molecule has 3 atom stereocenters. The van der Waals surface area contributed by atoms with Gasteiger partial charge in [-0.25, -0.2) is 4.79 Å². The van der Waals surface area contributed by atoms with Gasteiger partial charge in [-0.3, -0.25) is 9.69 Å². The molecule has 2 heterocycles. The van der Waals surface area contributed by atoms with Gasteiger partial charge in [0.2, 0.25) is 0 Å². The first-order valence-electron chi connectivity index (χ1n) is 8.15. The average Bonchev–Trinajstić information content (AvgIpc) is 2.61. The van der Waals surface area contributed by atoms with Gasteiger partial charge in [0, 0.05) is 0 Å². The molecule has 3 rings (SSSR count). The van der Waals surface area contributed by atoms with E-state index in [-0.39, 0.29) is 30.3 Å². The van der Waals surface area contributed by atoms with E-state index in [0.717, 1.165) is 12.8 Å². The van der Waals surface area contributed by atoms with Crippen molar-refractivity contribution >= 4 is 11.9 Å². The Morgan fingerprint density at radius 2 is 2.09 bits per heavy atom. The smallest absolute Gasteiger partial charge is 0.325 e. The normalized spacial score (nSPS) is 38.4. The third kappa shape index (κ3) is 2.86. The van der Waals surface area contributed by atoms with Crippen LogP contribution in [0.25, 0.3) is 0 Å². The first-order valence-corrected chi connectivity index (χ1v) is 8.15. The van der Waals surface area contributed by atoms with Gasteiger partial charge in [0.1, 0.15) is 12.3 Å². The molecular formula is C16H26N2O4. The maximum atomic E-state index is 13.0. The van der Waals surface area contributed by atoms with Crippen molar-refractivity contribution < 1.29 is 19.1 Å². The molecule has 1 saturated carbocycles. The molecule has 3 fully saturated rings. The van der Waals surface area contributed by atoms with E-state index < -0.39 is 5.54 Å². The highest BCUT2D eigenvalue weighted by Crippen LogP contribution is 2.46. The Morgan fingerprint density at radius 3 is 2.73 bits per heavy atom. The molecule has 0 aromatic heterocycles. The Bertz CT molecular complexity index is 473. The van der Waals surface area contributed by atoms with Crippen LogP contribution in [-0.4, -0.2) is 48.4 Å². The van der Waals surface area contributed by atoms with E-state index in [9.17, 15) is 9.59 Å². The second-order valence-electron chi connectivity index (χ2n) is 7.89. The summed E-state index contributed by atoms with van der Waals surface area (Å²) in [4.78, 5) is 26.7. The third-order valence-electron chi connectivity index (χ3n) is 4.98. The summed E-state index contributed by atoms with van der Waals surface area (Å²) < 4.78 is 10.6. The fraction of sp³-hybridized carbons (Fsp3) is 0.875. The highest BCUT2D eigenvalue weighted by atomic mass is 16.7. The Balaban J connectivity index is 1.75. The summed E-state index contributed by atoms with van der Waals surface area (Å²) >= 11 is 0. The number of carbonyl (C=O) groups excluding carboxylic acids is 2. The van der Waals surface area contributed by atoms with Crippen molar-refractivity contribution in [1.29, 1.82) is 0 Å². The third-order valence-corrected chi connectivity index (χ3v) is 4.98. The van der Waals surface area contributed by atoms with Crippen LogP contribution in [-0.2, 0) is 14.3 Å². The van der Waals surface area contributed by atoms with Crippen LogP contribution < -0.4 is 5.32 Å². The van der Waals surface area contributed by atoms with Gasteiger partial charge in [-0.1, -0.05) is 20.8 Å². The lowest BCUT2D eigenvalue weighted by Gasteiger charge is -2.43. The van der Waals surface area contributed by atoms with E-state index in [4.69, 9.17) is 9.47 Å². The maximum absolute atomic E-state index is 13.0. The molecule has 124 valence electrons. The fourth-order valence-electron chi connectivity index (χ4n) is 4.52. The molecule has 3 amide bonds. The second kappa shape index (κ2) is 5.49. The Hall–Kier alpha value is -1.14. The predicted octanol–water partition coefficient (Wildman–Crippen LogP) is 1.89. The van der Waals surface area contributed by atoms with Crippen LogP contribution in [0.1, 0.15) is 46.5 Å².